The molecule has 0 fully saturated rings. The molecule has 0 aliphatic rings. The minimum absolute atomic E-state index is 0.384. The molecule has 4 rings (SSSR count). The normalized spacial score (nSPS) is 10.5. The molecule has 6 nitrogen and oxygen atoms in total. The van der Waals surface area contributed by atoms with E-state index in [1.807, 2.05) is 73.7 Å². The Balaban J connectivity index is 1.70. The minimum Gasteiger partial charge on any atom is -0.324 e. The first-order valence-corrected chi connectivity index (χ1v) is 10.4. The quantitative estimate of drug-likeness (QED) is 0.305. The van der Waals surface area contributed by atoms with Crippen LogP contribution in [-0.4, -0.2) is 15.0 Å². The molecule has 7 heteroatoms. The zero-order chi connectivity index (χ0) is 21.6. The Morgan fingerprint density at radius 3 is 2.00 bits per heavy atom. The third-order valence-corrected chi connectivity index (χ3v) is 5.00. The SMILES string of the molecule is CCc1ccccc1Nc1nc(Nc2cccc(C)c2)nc(Nc2ccccc2Cl)n1. The summed E-state index contributed by atoms with van der Waals surface area (Å²) in [5.41, 5.74) is 4.90. The highest BCUT2D eigenvalue weighted by Gasteiger charge is 2.11. The van der Waals surface area contributed by atoms with E-state index in [1.165, 1.54) is 5.56 Å². The molecule has 4 aromatic rings. The topological polar surface area (TPSA) is 74.8 Å². The summed E-state index contributed by atoms with van der Waals surface area (Å²) in [4.78, 5) is 13.7. The van der Waals surface area contributed by atoms with E-state index in [0.29, 0.717) is 22.9 Å². The number of nitrogens with one attached hydrogen (secondary N) is 3. The van der Waals surface area contributed by atoms with Gasteiger partial charge in [-0.25, -0.2) is 0 Å². The molecule has 1 aromatic heterocycles. The second-order valence-electron chi connectivity index (χ2n) is 7.04. The molecule has 31 heavy (non-hydrogen) atoms. The van der Waals surface area contributed by atoms with Crippen molar-refractivity contribution in [2.75, 3.05) is 16.0 Å². The first-order chi connectivity index (χ1) is 15.1. The van der Waals surface area contributed by atoms with Gasteiger partial charge in [-0.15, -0.1) is 0 Å². The molecule has 0 saturated heterocycles. The molecule has 0 amide bonds. The van der Waals surface area contributed by atoms with Gasteiger partial charge in [0.1, 0.15) is 0 Å². The fourth-order valence-corrected chi connectivity index (χ4v) is 3.33. The van der Waals surface area contributed by atoms with Crippen molar-refractivity contribution < 1.29 is 0 Å². The van der Waals surface area contributed by atoms with Crippen LogP contribution in [0, 0.1) is 6.92 Å². The number of aromatic nitrogens is 3. The lowest BCUT2D eigenvalue weighted by atomic mass is 10.1. The summed E-state index contributed by atoms with van der Waals surface area (Å²) < 4.78 is 0. The van der Waals surface area contributed by atoms with E-state index in [0.717, 1.165) is 29.0 Å². The van der Waals surface area contributed by atoms with Crippen LogP contribution in [0.2, 0.25) is 5.02 Å². The third kappa shape index (κ3) is 5.29. The summed E-state index contributed by atoms with van der Waals surface area (Å²) in [5.74, 6) is 1.24. The van der Waals surface area contributed by atoms with E-state index in [-0.39, 0.29) is 0 Å². The van der Waals surface area contributed by atoms with Crippen molar-refractivity contribution in [2.45, 2.75) is 20.3 Å². The molecule has 1 heterocycles. The number of halogens is 1. The predicted molar refractivity (Wildman–Crippen MR) is 128 cm³/mol. The van der Waals surface area contributed by atoms with Gasteiger partial charge in [0, 0.05) is 11.4 Å². The van der Waals surface area contributed by atoms with Gasteiger partial charge in [-0.05, 0) is 54.8 Å². The number of anilines is 6. The van der Waals surface area contributed by atoms with Gasteiger partial charge in [-0.1, -0.05) is 61.0 Å². The maximum atomic E-state index is 6.31. The van der Waals surface area contributed by atoms with Gasteiger partial charge in [-0.3, -0.25) is 0 Å². The van der Waals surface area contributed by atoms with E-state index < -0.39 is 0 Å². The first kappa shape index (κ1) is 20.6. The number of aryl methyl sites for hydroxylation is 2. The molecule has 156 valence electrons. The monoisotopic (exact) mass is 430 g/mol. The highest BCUT2D eigenvalue weighted by Crippen LogP contribution is 2.26. The maximum absolute atomic E-state index is 6.31. The van der Waals surface area contributed by atoms with Gasteiger partial charge >= 0.3 is 0 Å². The Bertz CT molecular complexity index is 1190. The van der Waals surface area contributed by atoms with Crippen molar-refractivity contribution in [1.82, 2.24) is 15.0 Å². The van der Waals surface area contributed by atoms with Crippen molar-refractivity contribution in [3.63, 3.8) is 0 Å². The average Bonchev–Trinajstić information content (AvgIpc) is 2.76. The Hall–Kier alpha value is -3.64. The fraction of sp³-hybridized carbons (Fsp3) is 0.125. The van der Waals surface area contributed by atoms with Crippen LogP contribution >= 0.6 is 11.6 Å². The van der Waals surface area contributed by atoms with Crippen molar-refractivity contribution >= 4 is 46.5 Å². The molecule has 0 spiro atoms. The van der Waals surface area contributed by atoms with E-state index in [2.05, 4.69) is 43.9 Å². The van der Waals surface area contributed by atoms with Crippen LogP contribution in [0.1, 0.15) is 18.1 Å². The Morgan fingerprint density at radius 2 is 1.32 bits per heavy atom. The van der Waals surface area contributed by atoms with Gasteiger partial charge in [0.2, 0.25) is 17.8 Å². The van der Waals surface area contributed by atoms with Crippen molar-refractivity contribution in [3.8, 4) is 0 Å². The molecule has 0 aliphatic carbocycles. The first-order valence-electron chi connectivity index (χ1n) is 10.1. The Labute approximate surface area is 186 Å². The molecule has 0 bridgehead atoms. The smallest absolute Gasteiger partial charge is 0.233 e. The number of hydrogen-bond acceptors (Lipinski definition) is 6. The molecule has 0 aliphatic heterocycles. The van der Waals surface area contributed by atoms with E-state index >= 15 is 0 Å². The van der Waals surface area contributed by atoms with Crippen LogP contribution in [-0.2, 0) is 6.42 Å². The average molecular weight is 431 g/mol. The van der Waals surface area contributed by atoms with Gasteiger partial charge in [-0.2, -0.15) is 15.0 Å². The third-order valence-electron chi connectivity index (χ3n) is 4.67. The molecule has 0 radical (unpaired) electrons. The standard InChI is InChI=1S/C24H23ClN6/c1-3-17-10-4-6-13-20(17)27-23-29-22(26-18-11-8-9-16(2)15-18)30-24(31-23)28-21-14-7-5-12-19(21)25/h4-15H,3H2,1-2H3,(H3,26,27,28,29,30,31). The van der Waals surface area contributed by atoms with Crippen molar-refractivity contribution in [1.29, 1.82) is 0 Å². The van der Waals surface area contributed by atoms with Crippen molar-refractivity contribution in [2.24, 2.45) is 0 Å². The van der Waals surface area contributed by atoms with Crippen molar-refractivity contribution in [3.05, 3.63) is 88.9 Å². The number of nitrogens with zero attached hydrogens (tertiary/aromatic N) is 3. The molecular formula is C24H23ClN6. The summed E-state index contributed by atoms with van der Waals surface area (Å²) in [6, 6.07) is 23.6. The summed E-state index contributed by atoms with van der Waals surface area (Å²) >= 11 is 6.31. The van der Waals surface area contributed by atoms with E-state index in [4.69, 9.17) is 11.6 Å². The predicted octanol–water partition coefficient (Wildman–Crippen LogP) is 6.63. The summed E-state index contributed by atoms with van der Waals surface area (Å²) in [6.07, 6.45) is 0.896. The van der Waals surface area contributed by atoms with Gasteiger partial charge < -0.3 is 16.0 Å². The Kier molecular flexibility index (Phi) is 6.29. The molecule has 0 saturated carbocycles. The summed E-state index contributed by atoms with van der Waals surface area (Å²) in [7, 11) is 0. The van der Waals surface area contributed by atoms with E-state index in [1.54, 1.807) is 0 Å². The fourth-order valence-electron chi connectivity index (χ4n) is 3.15. The molecule has 3 aromatic carbocycles. The second kappa shape index (κ2) is 9.45. The lowest BCUT2D eigenvalue weighted by molar-refractivity contribution is 1.06. The zero-order valence-electron chi connectivity index (χ0n) is 17.4. The van der Waals surface area contributed by atoms with Gasteiger partial charge in [0.15, 0.2) is 0 Å². The zero-order valence-corrected chi connectivity index (χ0v) is 18.1. The lowest BCUT2D eigenvalue weighted by Crippen LogP contribution is -2.08. The van der Waals surface area contributed by atoms with E-state index in [9.17, 15) is 0 Å². The largest absolute Gasteiger partial charge is 0.324 e. The van der Waals surface area contributed by atoms with Crippen LogP contribution in [0.15, 0.2) is 72.8 Å². The van der Waals surface area contributed by atoms with Crippen LogP contribution in [0.5, 0.6) is 0 Å². The maximum Gasteiger partial charge on any atom is 0.233 e. The van der Waals surface area contributed by atoms with Crippen LogP contribution in [0.4, 0.5) is 34.9 Å². The highest BCUT2D eigenvalue weighted by molar-refractivity contribution is 6.33. The number of hydrogen-bond donors (Lipinski definition) is 3. The molecule has 3 N–H and O–H groups in total. The highest BCUT2D eigenvalue weighted by atomic mass is 35.5. The lowest BCUT2D eigenvalue weighted by Gasteiger charge is -2.13. The number of para-hydroxylation sites is 2. The molecule has 0 unspecified atom stereocenters. The Morgan fingerprint density at radius 1 is 0.710 bits per heavy atom. The second-order valence-corrected chi connectivity index (χ2v) is 7.45. The van der Waals surface area contributed by atoms with Gasteiger partial charge in [0.05, 0.1) is 10.7 Å². The molecule has 0 atom stereocenters. The molecular weight excluding hydrogens is 408 g/mol. The van der Waals surface area contributed by atoms with Gasteiger partial charge in [0.25, 0.3) is 0 Å². The van der Waals surface area contributed by atoms with Crippen LogP contribution in [0.25, 0.3) is 0 Å². The number of benzene rings is 3. The number of rotatable bonds is 7. The van der Waals surface area contributed by atoms with Crippen LogP contribution < -0.4 is 16.0 Å². The minimum atomic E-state index is 0.384. The summed E-state index contributed by atoms with van der Waals surface area (Å²) in [5, 5.41) is 10.4. The summed E-state index contributed by atoms with van der Waals surface area (Å²) in [6.45, 7) is 4.15. The van der Waals surface area contributed by atoms with Crippen LogP contribution in [0.3, 0.4) is 0 Å².